The molecule has 0 aromatic heterocycles. The fraction of sp³-hybridized carbons (Fsp3) is 0.727. The molecule has 0 saturated carbocycles. The van der Waals surface area contributed by atoms with Crippen LogP contribution in [0.25, 0.3) is 0 Å². The summed E-state index contributed by atoms with van der Waals surface area (Å²) in [6, 6.07) is -0.903. The lowest BCUT2D eigenvalue weighted by molar-refractivity contribution is -0.122. The van der Waals surface area contributed by atoms with Gasteiger partial charge in [-0.1, -0.05) is 19.9 Å². The maximum Gasteiger partial charge on any atom is 0.237 e. The Hall–Kier alpha value is -0.880. The van der Waals surface area contributed by atoms with Gasteiger partial charge < -0.3 is 11.1 Å². The lowest BCUT2D eigenvalue weighted by Gasteiger charge is -2.18. The van der Waals surface area contributed by atoms with Crippen molar-refractivity contribution in [2.45, 2.75) is 39.3 Å². The predicted molar refractivity (Wildman–Crippen MR) is 69.0 cm³/mol. The van der Waals surface area contributed by atoms with Gasteiger partial charge in [0.05, 0.1) is 6.04 Å². The van der Waals surface area contributed by atoms with E-state index in [1.54, 1.807) is 6.92 Å². The van der Waals surface area contributed by atoms with Crippen LogP contribution in [0.15, 0.2) is 11.5 Å². The molecule has 0 radical (unpaired) electrons. The van der Waals surface area contributed by atoms with Crippen LogP contribution in [0.4, 0.5) is 0 Å². The molecule has 100 valence electrons. The second-order valence-corrected chi connectivity index (χ2v) is 6.62. The number of rotatable bonds is 6. The van der Waals surface area contributed by atoms with E-state index in [2.05, 4.69) is 5.32 Å². The molecule has 0 bridgehead atoms. The first-order chi connectivity index (χ1) is 7.61. The van der Waals surface area contributed by atoms with Crippen LogP contribution in [0.5, 0.6) is 0 Å². The SMILES string of the molecule is CC(C)C[C@@H](/C=C/S(C)(=O)=O)NC(=O)[C@H](C)N. The Balaban J connectivity index is 4.66. The molecule has 6 heteroatoms. The van der Waals surface area contributed by atoms with Gasteiger partial charge in [0.15, 0.2) is 9.84 Å². The topological polar surface area (TPSA) is 89.3 Å². The first-order valence-corrected chi connectivity index (χ1v) is 7.51. The molecule has 0 aromatic rings. The fourth-order valence-electron chi connectivity index (χ4n) is 1.25. The third-order valence-corrected chi connectivity index (χ3v) is 2.68. The number of nitrogens with one attached hydrogen (secondary N) is 1. The summed E-state index contributed by atoms with van der Waals surface area (Å²) in [5, 5.41) is 3.82. The minimum absolute atomic E-state index is 0.284. The Kier molecular flexibility index (Phi) is 6.41. The lowest BCUT2D eigenvalue weighted by atomic mass is 10.0. The van der Waals surface area contributed by atoms with Crippen molar-refractivity contribution in [1.82, 2.24) is 5.32 Å². The van der Waals surface area contributed by atoms with Crippen LogP contribution in [0.1, 0.15) is 27.2 Å². The van der Waals surface area contributed by atoms with Gasteiger partial charge in [0.25, 0.3) is 0 Å². The molecular weight excluding hydrogens is 240 g/mol. The summed E-state index contributed by atoms with van der Waals surface area (Å²) in [4.78, 5) is 11.4. The maximum absolute atomic E-state index is 11.4. The number of hydrogen-bond acceptors (Lipinski definition) is 4. The number of carbonyl (C=O) groups is 1. The van der Waals surface area contributed by atoms with E-state index in [1.807, 2.05) is 13.8 Å². The first kappa shape index (κ1) is 16.1. The Bertz CT molecular complexity index is 372. The molecule has 0 aliphatic carbocycles. The molecule has 2 atom stereocenters. The van der Waals surface area contributed by atoms with E-state index in [1.165, 1.54) is 6.08 Å². The van der Waals surface area contributed by atoms with Crippen molar-refractivity contribution < 1.29 is 13.2 Å². The highest BCUT2D eigenvalue weighted by atomic mass is 32.2. The van der Waals surface area contributed by atoms with Crippen molar-refractivity contribution in [3.8, 4) is 0 Å². The molecule has 0 rings (SSSR count). The van der Waals surface area contributed by atoms with Crippen LogP contribution in [0, 0.1) is 5.92 Å². The summed E-state index contributed by atoms with van der Waals surface area (Å²) in [5.41, 5.74) is 5.44. The monoisotopic (exact) mass is 262 g/mol. The smallest absolute Gasteiger partial charge is 0.237 e. The molecule has 1 amide bonds. The van der Waals surface area contributed by atoms with E-state index >= 15 is 0 Å². The van der Waals surface area contributed by atoms with E-state index in [-0.39, 0.29) is 11.9 Å². The lowest BCUT2D eigenvalue weighted by Crippen LogP contribution is -2.43. The summed E-state index contributed by atoms with van der Waals surface area (Å²) in [6.45, 7) is 5.58. The van der Waals surface area contributed by atoms with Crippen LogP contribution < -0.4 is 11.1 Å². The van der Waals surface area contributed by atoms with Crippen molar-refractivity contribution in [1.29, 1.82) is 0 Å². The van der Waals surface area contributed by atoms with Crippen molar-refractivity contribution >= 4 is 15.7 Å². The van der Waals surface area contributed by atoms with Gasteiger partial charge in [0.1, 0.15) is 0 Å². The van der Waals surface area contributed by atoms with Crippen LogP contribution >= 0.6 is 0 Å². The van der Waals surface area contributed by atoms with Gasteiger partial charge >= 0.3 is 0 Å². The third kappa shape index (κ3) is 8.88. The van der Waals surface area contributed by atoms with E-state index in [0.29, 0.717) is 12.3 Å². The zero-order valence-electron chi connectivity index (χ0n) is 10.8. The highest BCUT2D eigenvalue weighted by molar-refractivity contribution is 7.93. The number of carbonyl (C=O) groups excluding carboxylic acids is 1. The van der Waals surface area contributed by atoms with E-state index in [9.17, 15) is 13.2 Å². The van der Waals surface area contributed by atoms with Gasteiger partial charge in [-0.05, 0) is 19.3 Å². The van der Waals surface area contributed by atoms with Crippen molar-refractivity contribution in [2.24, 2.45) is 11.7 Å². The van der Waals surface area contributed by atoms with Gasteiger partial charge in [-0.2, -0.15) is 0 Å². The molecule has 0 fully saturated rings. The average Bonchev–Trinajstić information content (AvgIpc) is 2.11. The summed E-state index contributed by atoms with van der Waals surface area (Å²) >= 11 is 0. The number of amides is 1. The van der Waals surface area contributed by atoms with Crippen molar-refractivity contribution in [3.63, 3.8) is 0 Å². The molecular formula is C11H22N2O3S. The molecule has 5 nitrogen and oxygen atoms in total. The molecule has 0 aromatic carbocycles. The van der Waals surface area contributed by atoms with Gasteiger partial charge in [-0.25, -0.2) is 8.42 Å². The van der Waals surface area contributed by atoms with Crippen LogP contribution in [0.2, 0.25) is 0 Å². The zero-order valence-corrected chi connectivity index (χ0v) is 11.6. The molecule has 0 heterocycles. The standard InChI is InChI=1S/C11H22N2O3S/c1-8(2)7-10(5-6-17(4,15)16)13-11(14)9(3)12/h5-6,8-10H,7,12H2,1-4H3,(H,13,14)/b6-5+/t9-,10+/m0/s1. The van der Waals surface area contributed by atoms with Gasteiger partial charge in [0.2, 0.25) is 5.91 Å². The molecule has 0 aliphatic rings. The molecule has 0 unspecified atom stereocenters. The fourth-order valence-corrected chi connectivity index (χ4v) is 1.72. The molecule has 0 saturated heterocycles. The Morgan fingerprint density at radius 2 is 1.88 bits per heavy atom. The quantitative estimate of drug-likeness (QED) is 0.726. The Morgan fingerprint density at radius 3 is 2.24 bits per heavy atom. The van der Waals surface area contributed by atoms with E-state index in [0.717, 1.165) is 11.7 Å². The number of nitrogens with two attached hydrogens (primary N) is 1. The third-order valence-electron chi connectivity index (χ3n) is 2.02. The molecule has 0 aliphatic heterocycles. The highest BCUT2D eigenvalue weighted by Gasteiger charge is 2.14. The highest BCUT2D eigenvalue weighted by Crippen LogP contribution is 2.07. The summed E-state index contributed by atoms with van der Waals surface area (Å²) in [6.07, 6.45) is 3.28. The minimum Gasteiger partial charge on any atom is -0.349 e. The summed E-state index contributed by atoms with van der Waals surface area (Å²) < 4.78 is 22.0. The minimum atomic E-state index is -3.17. The van der Waals surface area contributed by atoms with E-state index < -0.39 is 15.9 Å². The van der Waals surface area contributed by atoms with Crippen LogP contribution in [-0.2, 0) is 14.6 Å². The second-order valence-electron chi connectivity index (χ2n) is 4.69. The first-order valence-electron chi connectivity index (χ1n) is 5.56. The van der Waals surface area contributed by atoms with Crippen LogP contribution in [-0.4, -0.2) is 32.7 Å². The van der Waals surface area contributed by atoms with Crippen LogP contribution in [0.3, 0.4) is 0 Å². The second kappa shape index (κ2) is 6.76. The summed E-state index contributed by atoms with van der Waals surface area (Å²) in [7, 11) is -3.17. The number of hydrogen-bond donors (Lipinski definition) is 2. The maximum atomic E-state index is 11.4. The van der Waals surface area contributed by atoms with Gasteiger partial charge in [-0.3, -0.25) is 4.79 Å². The Morgan fingerprint density at radius 1 is 1.35 bits per heavy atom. The molecule has 0 spiro atoms. The van der Waals surface area contributed by atoms with Gasteiger partial charge in [-0.15, -0.1) is 0 Å². The Labute approximate surface area is 103 Å². The van der Waals surface area contributed by atoms with Crippen molar-refractivity contribution in [2.75, 3.05) is 6.26 Å². The zero-order chi connectivity index (χ0) is 13.6. The largest absolute Gasteiger partial charge is 0.349 e. The number of sulfone groups is 1. The average molecular weight is 262 g/mol. The van der Waals surface area contributed by atoms with E-state index in [4.69, 9.17) is 5.73 Å². The van der Waals surface area contributed by atoms with Crippen molar-refractivity contribution in [3.05, 3.63) is 11.5 Å². The molecule has 3 N–H and O–H groups in total. The summed E-state index contributed by atoms with van der Waals surface area (Å²) in [5.74, 6) is 0.0615. The van der Waals surface area contributed by atoms with Gasteiger partial charge in [0, 0.05) is 17.7 Å². The molecule has 17 heavy (non-hydrogen) atoms. The predicted octanol–water partition coefficient (Wildman–Crippen LogP) is 0.423. The normalized spacial score (nSPS) is 16.1.